The van der Waals surface area contributed by atoms with Gasteiger partial charge >= 0.3 is 0 Å². The molecule has 1 atom stereocenters. The van der Waals surface area contributed by atoms with Gasteiger partial charge in [-0.1, -0.05) is 37.1 Å². The Morgan fingerprint density at radius 1 is 1.24 bits per heavy atom. The highest BCUT2D eigenvalue weighted by atomic mass is 35.5. The normalized spacial score (nSPS) is 17.8. The van der Waals surface area contributed by atoms with Crippen molar-refractivity contribution in [3.05, 3.63) is 34.9 Å². The number of carbonyl (C=O) groups is 1. The summed E-state index contributed by atoms with van der Waals surface area (Å²) in [5, 5.41) is 0.763. The van der Waals surface area contributed by atoms with Gasteiger partial charge in [0.15, 0.2) is 0 Å². The zero-order valence-corrected chi connectivity index (χ0v) is 13.4. The number of benzene rings is 1. The number of hydrogen-bond donors (Lipinski definition) is 1. The summed E-state index contributed by atoms with van der Waals surface area (Å²) in [5.74, 6) is 0.1000. The molecule has 1 aliphatic rings. The number of amides is 1. The van der Waals surface area contributed by atoms with Crippen molar-refractivity contribution in [2.75, 3.05) is 26.2 Å². The summed E-state index contributed by atoms with van der Waals surface area (Å²) in [6.45, 7) is 6.28. The standard InChI is InChI=1S/C16H24ClN3O/c1-2-3-15(18)16(21)20-10-8-19(9-11-20)12-13-4-6-14(17)7-5-13/h4-7,15H,2-3,8-12,18H2,1H3. The quantitative estimate of drug-likeness (QED) is 0.906. The van der Waals surface area contributed by atoms with E-state index in [1.54, 1.807) is 0 Å². The zero-order valence-electron chi connectivity index (χ0n) is 12.6. The van der Waals surface area contributed by atoms with E-state index in [0.717, 1.165) is 50.6 Å². The van der Waals surface area contributed by atoms with Crippen LogP contribution in [0.15, 0.2) is 24.3 Å². The Morgan fingerprint density at radius 3 is 2.43 bits per heavy atom. The number of carbonyl (C=O) groups excluding carboxylic acids is 1. The molecule has 1 heterocycles. The first kappa shape index (κ1) is 16.3. The second kappa shape index (κ2) is 7.78. The fourth-order valence-corrected chi connectivity index (χ4v) is 2.77. The zero-order chi connectivity index (χ0) is 15.2. The average molecular weight is 310 g/mol. The van der Waals surface area contributed by atoms with E-state index in [0.29, 0.717) is 0 Å². The number of nitrogens with zero attached hydrogens (tertiary/aromatic N) is 2. The summed E-state index contributed by atoms with van der Waals surface area (Å²) in [7, 11) is 0. The van der Waals surface area contributed by atoms with Gasteiger partial charge in [0.05, 0.1) is 6.04 Å². The average Bonchev–Trinajstić information content (AvgIpc) is 2.50. The van der Waals surface area contributed by atoms with Crippen LogP contribution in [0.5, 0.6) is 0 Å². The minimum absolute atomic E-state index is 0.1000. The summed E-state index contributed by atoms with van der Waals surface area (Å²) in [5.41, 5.74) is 7.17. The van der Waals surface area contributed by atoms with Crippen molar-refractivity contribution in [2.45, 2.75) is 32.4 Å². The molecular weight excluding hydrogens is 286 g/mol. The molecule has 0 bridgehead atoms. The van der Waals surface area contributed by atoms with Crippen LogP contribution < -0.4 is 5.73 Å². The van der Waals surface area contributed by atoms with Crippen molar-refractivity contribution >= 4 is 17.5 Å². The van der Waals surface area contributed by atoms with Gasteiger partial charge in [-0.3, -0.25) is 9.69 Å². The van der Waals surface area contributed by atoms with Gasteiger partial charge in [-0.25, -0.2) is 0 Å². The van der Waals surface area contributed by atoms with Crippen LogP contribution in [0.4, 0.5) is 0 Å². The Labute approximate surface area is 131 Å². The second-order valence-electron chi connectivity index (χ2n) is 5.62. The molecule has 2 N–H and O–H groups in total. The molecule has 21 heavy (non-hydrogen) atoms. The van der Waals surface area contributed by atoms with Gasteiger partial charge in [-0.15, -0.1) is 0 Å². The predicted molar refractivity (Wildman–Crippen MR) is 86.2 cm³/mol. The maximum absolute atomic E-state index is 12.2. The molecule has 2 rings (SSSR count). The van der Waals surface area contributed by atoms with Crippen molar-refractivity contribution in [2.24, 2.45) is 5.73 Å². The highest BCUT2D eigenvalue weighted by Crippen LogP contribution is 2.13. The van der Waals surface area contributed by atoms with Gasteiger partial charge in [0.2, 0.25) is 5.91 Å². The first-order valence-electron chi connectivity index (χ1n) is 7.61. The molecule has 1 aliphatic heterocycles. The van der Waals surface area contributed by atoms with Gasteiger partial charge in [-0.05, 0) is 24.1 Å². The van der Waals surface area contributed by atoms with E-state index in [9.17, 15) is 4.79 Å². The second-order valence-corrected chi connectivity index (χ2v) is 6.06. The van der Waals surface area contributed by atoms with Crippen LogP contribution in [-0.4, -0.2) is 47.9 Å². The Balaban J connectivity index is 1.80. The van der Waals surface area contributed by atoms with Crippen LogP contribution in [0.3, 0.4) is 0 Å². The SMILES string of the molecule is CCCC(N)C(=O)N1CCN(Cc2ccc(Cl)cc2)CC1. The predicted octanol–water partition coefficient (Wildman–Crippen LogP) is 2.11. The molecule has 0 aliphatic carbocycles. The van der Waals surface area contributed by atoms with Crippen molar-refractivity contribution < 1.29 is 4.79 Å². The van der Waals surface area contributed by atoms with E-state index in [1.165, 1.54) is 5.56 Å². The molecule has 116 valence electrons. The van der Waals surface area contributed by atoms with Crippen molar-refractivity contribution in [3.8, 4) is 0 Å². The molecule has 1 aromatic rings. The first-order chi connectivity index (χ1) is 10.1. The molecule has 1 unspecified atom stereocenters. The lowest BCUT2D eigenvalue weighted by atomic mass is 10.1. The molecular formula is C16H24ClN3O. The molecule has 1 amide bonds. The Bertz CT molecular complexity index is 455. The summed E-state index contributed by atoms with van der Waals surface area (Å²) in [4.78, 5) is 16.4. The van der Waals surface area contributed by atoms with Gasteiger partial charge < -0.3 is 10.6 Å². The van der Waals surface area contributed by atoms with Crippen molar-refractivity contribution in [1.29, 1.82) is 0 Å². The third-order valence-corrected chi connectivity index (χ3v) is 4.17. The molecule has 0 aromatic heterocycles. The molecule has 0 saturated carbocycles. The molecule has 0 spiro atoms. The highest BCUT2D eigenvalue weighted by molar-refractivity contribution is 6.30. The molecule has 1 aromatic carbocycles. The van der Waals surface area contributed by atoms with Gasteiger partial charge in [0.25, 0.3) is 0 Å². The lowest BCUT2D eigenvalue weighted by Gasteiger charge is -2.36. The number of hydrogen-bond acceptors (Lipinski definition) is 3. The largest absolute Gasteiger partial charge is 0.339 e. The summed E-state index contributed by atoms with van der Waals surface area (Å²) >= 11 is 5.89. The fourth-order valence-electron chi connectivity index (χ4n) is 2.64. The molecule has 1 saturated heterocycles. The highest BCUT2D eigenvalue weighted by Gasteiger charge is 2.24. The molecule has 1 fully saturated rings. The van der Waals surface area contributed by atoms with Crippen molar-refractivity contribution in [1.82, 2.24) is 9.80 Å². The smallest absolute Gasteiger partial charge is 0.239 e. The molecule has 5 heteroatoms. The van der Waals surface area contributed by atoms with Gasteiger partial charge in [0, 0.05) is 37.7 Å². The van der Waals surface area contributed by atoms with E-state index in [4.69, 9.17) is 17.3 Å². The van der Waals surface area contributed by atoms with Crippen LogP contribution in [0.25, 0.3) is 0 Å². The third-order valence-electron chi connectivity index (χ3n) is 3.92. The number of halogens is 1. The minimum atomic E-state index is -0.335. The van der Waals surface area contributed by atoms with Crippen LogP contribution in [0.2, 0.25) is 5.02 Å². The Hall–Kier alpha value is -1.10. The number of nitrogens with two attached hydrogens (primary N) is 1. The van der Waals surface area contributed by atoms with Gasteiger partial charge in [-0.2, -0.15) is 0 Å². The third kappa shape index (κ3) is 4.70. The van der Waals surface area contributed by atoms with Crippen molar-refractivity contribution in [3.63, 3.8) is 0 Å². The van der Waals surface area contributed by atoms with E-state index in [1.807, 2.05) is 17.0 Å². The van der Waals surface area contributed by atoms with Crippen LogP contribution in [0, 0.1) is 0 Å². The van der Waals surface area contributed by atoms with Crippen LogP contribution >= 0.6 is 11.6 Å². The topological polar surface area (TPSA) is 49.6 Å². The monoisotopic (exact) mass is 309 g/mol. The van der Waals surface area contributed by atoms with Crippen LogP contribution in [0.1, 0.15) is 25.3 Å². The van der Waals surface area contributed by atoms with Crippen LogP contribution in [-0.2, 0) is 11.3 Å². The number of rotatable bonds is 5. The molecule has 0 radical (unpaired) electrons. The van der Waals surface area contributed by atoms with E-state index in [2.05, 4.69) is 24.0 Å². The summed E-state index contributed by atoms with van der Waals surface area (Å²) in [6, 6.07) is 7.60. The fraction of sp³-hybridized carbons (Fsp3) is 0.562. The maximum atomic E-state index is 12.2. The lowest BCUT2D eigenvalue weighted by molar-refractivity contribution is -0.134. The minimum Gasteiger partial charge on any atom is -0.339 e. The Morgan fingerprint density at radius 2 is 1.86 bits per heavy atom. The first-order valence-corrected chi connectivity index (χ1v) is 7.99. The number of piperazine rings is 1. The molecule has 4 nitrogen and oxygen atoms in total. The Kier molecular flexibility index (Phi) is 6.03. The van der Waals surface area contributed by atoms with Gasteiger partial charge in [0.1, 0.15) is 0 Å². The summed E-state index contributed by atoms with van der Waals surface area (Å²) in [6.07, 6.45) is 1.72. The summed E-state index contributed by atoms with van der Waals surface area (Å²) < 4.78 is 0. The van der Waals surface area contributed by atoms with E-state index in [-0.39, 0.29) is 11.9 Å². The lowest BCUT2D eigenvalue weighted by Crippen LogP contribution is -2.52. The van der Waals surface area contributed by atoms with E-state index >= 15 is 0 Å². The maximum Gasteiger partial charge on any atom is 0.239 e. The van der Waals surface area contributed by atoms with E-state index < -0.39 is 0 Å².